The predicted octanol–water partition coefficient (Wildman–Crippen LogP) is 0.859. The van der Waals surface area contributed by atoms with E-state index in [0.29, 0.717) is 13.0 Å². The number of rotatable bonds is 7. The molecule has 0 aromatic carbocycles. The topological polar surface area (TPSA) is 55.4 Å². The second kappa shape index (κ2) is 9.07. The summed E-state index contributed by atoms with van der Waals surface area (Å²) in [6.45, 7) is 0.613. The molecular weight excluding hydrogens is 194 g/mol. The van der Waals surface area contributed by atoms with Crippen molar-refractivity contribution in [3.05, 3.63) is 0 Å². The predicted molar refractivity (Wildman–Crippen MR) is 56.9 cm³/mol. The highest BCUT2D eigenvalue weighted by molar-refractivity contribution is 5.78. The van der Waals surface area contributed by atoms with Gasteiger partial charge in [-0.15, -0.1) is 6.42 Å². The van der Waals surface area contributed by atoms with Crippen molar-refractivity contribution in [1.29, 1.82) is 0 Å². The molecule has 0 aliphatic carbocycles. The van der Waals surface area contributed by atoms with Gasteiger partial charge in [0, 0.05) is 13.0 Å². The highest BCUT2D eigenvalue weighted by Crippen LogP contribution is 1.99. The second-order valence-electron chi connectivity index (χ2n) is 3.12. The summed E-state index contributed by atoms with van der Waals surface area (Å²) in [6.07, 6.45) is 8.07. The molecule has 4 nitrogen and oxygen atoms in total. The standard InChI is InChI=1S/C11H17NO3/c1-3-7-10(13)12-9-6-4-5-8-11(14)15-2/h1H,4-9H2,2H3,(H,12,13). The zero-order valence-electron chi connectivity index (χ0n) is 9.04. The molecular formula is C11H17NO3. The van der Waals surface area contributed by atoms with E-state index in [1.807, 2.05) is 0 Å². The Morgan fingerprint density at radius 2 is 2.07 bits per heavy atom. The highest BCUT2D eigenvalue weighted by atomic mass is 16.5. The first-order chi connectivity index (χ1) is 7.20. The lowest BCUT2D eigenvalue weighted by Gasteiger charge is -2.02. The first-order valence-corrected chi connectivity index (χ1v) is 4.97. The van der Waals surface area contributed by atoms with Gasteiger partial charge >= 0.3 is 5.97 Å². The Balaban J connectivity index is 3.22. The van der Waals surface area contributed by atoms with Crippen LogP contribution in [0.3, 0.4) is 0 Å². The van der Waals surface area contributed by atoms with E-state index in [-0.39, 0.29) is 18.3 Å². The Morgan fingerprint density at radius 1 is 1.33 bits per heavy atom. The lowest BCUT2D eigenvalue weighted by Crippen LogP contribution is -2.23. The number of hydrogen-bond acceptors (Lipinski definition) is 3. The fourth-order valence-corrected chi connectivity index (χ4v) is 1.06. The van der Waals surface area contributed by atoms with Crippen LogP contribution in [-0.2, 0) is 14.3 Å². The van der Waals surface area contributed by atoms with Crippen LogP contribution < -0.4 is 5.32 Å². The molecule has 0 saturated carbocycles. The fourth-order valence-electron chi connectivity index (χ4n) is 1.06. The van der Waals surface area contributed by atoms with E-state index < -0.39 is 0 Å². The van der Waals surface area contributed by atoms with Gasteiger partial charge in [0.05, 0.1) is 13.5 Å². The Morgan fingerprint density at radius 3 is 2.67 bits per heavy atom. The van der Waals surface area contributed by atoms with Crippen molar-refractivity contribution in [2.45, 2.75) is 32.1 Å². The van der Waals surface area contributed by atoms with Gasteiger partial charge in [-0.3, -0.25) is 9.59 Å². The number of terminal acetylenes is 1. The van der Waals surface area contributed by atoms with Gasteiger partial charge in [-0.1, -0.05) is 12.3 Å². The summed E-state index contributed by atoms with van der Waals surface area (Å²) in [5.41, 5.74) is 0. The highest BCUT2D eigenvalue weighted by Gasteiger charge is 2.00. The molecule has 4 heteroatoms. The maximum Gasteiger partial charge on any atom is 0.305 e. The summed E-state index contributed by atoms with van der Waals surface area (Å²) in [5, 5.41) is 2.69. The first kappa shape index (κ1) is 13.5. The van der Waals surface area contributed by atoms with Crippen LogP contribution >= 0.6 is 0 Å². The lowest BCUT2D eigenvalue weighted by atomic mass is 10.2. The molecule has 0 aromatic heterocycles. The molecule has 0 aromatic rings. The molecule has 1 N–H and O–H groups in total. The Kier molecular flexibility index (Phi) is 8.16. The summed E-state index contributed by atoms with van der Waals surface area (Å²) in [4.78, 5) is 21.6. The number of ether oxygens (including phenoxy) is 1. The third-order valence-corrected chi connectivity index (χ3v) is 1.87. The molecule has 15 heavy (non-hydrogen) atoms. The molecule has 0 saturated heterocycles. The van der Waals surface area contributed by atoms with Gasteiger partial charge in [0.2, 0.25) is 5.91 Å². The molecule has 0 heterocycles. The number of esters is 1. The SMILES string of the molecule is C#CCC(=O)NCCCCCC(=O)OC. The summed E-state index contributed by atoms with van der Waals surface area (Å²) >= 11 is 0. The number of hydrogen-bond donors (Lipinski definition) is 1. The number of methoxy groups -OCH3 is 1. The maximum atomic E-state index is 10.9. The van der Waals surface area contributed by atoms with Crippen molar-refractivity contribution in [2.75, 3.05) is 13.7 Å². The van der Waals surface area contributed by atoms with Gasteiger partial charge in [-0.25, -0.2) is 0 Å². The minimum Gasteiger partial charge on any atom is -0.469 e. The third-order valence-electron chi connectivity index (χ3n) is 1.87. The normalized spacial score (nSPS) is 9.07. The minimum absolute atomic E-state index is 0.120. The van der Waals surface area contributed by atoms with E-state index in [1.165, 1.54) is 7.11 Å². The summed E-state index contributed by atoms with van der Waals surface area (Å²) in [6, 6.07) is 0. The van der Waals surface area contributed by atoms with Crippen LogP contribution in [0.5, 0.6) is 0 Å². The van der Waals surface area contributed by atoms with Crippen molar-refractivity contribution < 1.29 is 14.3 Å². The molecule has 0 aliphatic rings. The van der Waals surface area contributed by atoms with E-state index in [2.05, 4.69) is 16.0 Å². The van der Waals surface area contributed by atoms with Crippen LogP contribution in [0.2, 0.25) is 0 Å². The largest absolute Gasteiger partial charge is 0.469 e. The average Bonchev–Trinajstić information content (AvgIpc) is 2.23. The number of nitrogens with one attached hydrogen (secondary N) is 1. The van der Waals surface area contributed by atoms with E-state index in [1.54, 1.807) is 0 Å². The number of unbranched alkanes of at least 4 members (excludes halogenated alkanes) is 2. The van der Waals surface area contributed by atoms with Crippen LogP contribution in [-0.4, -0.2) is 25.5 Å². The van der Waals surface area contributed by atoms with E-state index in [0.717, 1.165) is 19.3 Å². The summed E-state index contributed by atoms with van der Waals surface area (Å²) in [5.74, 6) is 1.96. The van der Waals surface area contributed by atoms with Crippen LogP contribution in [0, 0.1) is 12.3 Å². The van der Waals surface area contributed by atoms with Crippen molar-refractivity contribution in [1.82, 2.24) is 5.32 Å². The second-order valence-corrected chi connectivity index (χ2v) is 3.12. The van der Waals surface area contributed by atoms with Crippen LogP contribution in [0.25, 0.3) is 0 Å². The maximum absolute atomic E-state index is 10.9. The molecule has 0 unspecified atom stereocenters. The molecule has 1 amide bonds. The Hall–Kier alpha value is -1.50. The Labute approximate surface area is 90.4 Å². The third kappa shape index (κ3) is 8.82. The fraction of sp³-hybridized carbons (Fsp3) is 0.636. The average molecular weight is 211 g/mol. The summed E-state index contributed by atoms with van der Waals surface area (Å²) in [7, 11) is 1.38. The molecule has 0 spiro atoms. The smallest absolute Gasteiger partial charge is 0.305 e. The monoisotopic (exact) mass is 211 g/mol. The van der Waals surface area contributed by atoms with Crippen LogP contribution in [0.4, 0.5) is 0 Å². The number of carbonyl (C=O) groups is 2. The van der Waals surface area contributed by atoms with E-state index >= 15 is 0 Å². The lowest BCUT2D eigenvalue weighted by molar-refractivity contribution is -0.140. The van der Waals surface area contributed by atoms with E-state index in [4.69, 9.17) is 6.42 Å². The minimum atomic E-state index is -0.189. The Bertz CT molecular complexity index is 243. The molecule has 0 rings (SSSR count). The number of amides is 1. The van der Waals surface area contributed by atoms with Gasteiger partial charge < -0.3 is 10.1 Å². The molecule has 0 atom stereocenters. The van der Waals surface area contributed by atoms with Gasteiger partial charge in [0.15, 0.2) is 0 Å². The zero-order chi connectivity index (χ0) is 11.5. The molecule has 0 radical (unpaired) electrons. The van der Waals surface area contributed by atoms with Crippen molar-refractivity contribution >= 4 is 11.9 Å². The van der Waals surface area contributed by atoms with Gasteiger partial charge in [0.1, 0.15) is 0 Å². The van der Waals surface area contributed by atoms with Crippen molar-refractivity contribution in [3.63, 3.8) is 0 Å². The first-order valence-electron chi connectivity index (χ1n) is 4.97. The van der Waals surface area contributed by atoms with Crippen LogP contribution in [0.1, 0.15) is 32.1 Å². The van der Waals surface area contributed by atoms with Crippen molar-refractivity contribution in [2.24, 2.45) is 0 Å². The van der Waals surface area contributed by atoms with Crippen LogP contribution in [0.15, 0.2) is 0 Å². The van der Waals surface area contributed by atoms with Gasteiger partial charge in [0.25, 0.3) is 0 Å². The van der Waals surface area contributed by atoms with E-state index in [9.17, 15) is 9.59 Å². The quantitative estimate of drug-likeness (QED) is 0.386. The zero-order valence-corrected chi connectivity index (χ0v) is 9.04. The molecule has 0 aliphatic heterocycles. The summed E-state index contributed by atoms with van der Waals surface area (Å²) < 4.78 is 4.50. The number of carbonyl (C=O) groups excluding carboxylic acids is 2. The van der Waals surface area contributed by atoms with Gasteiger partial charge in [-0.2, -0.15) is 0 Å². The van der Waals surface area contributed by atoms with Crippen molar-refractivity contribution in [3.8, 4) is 12.3 Å². The van der Waals surface area contributed by atoms with Gasteiger partial charge in [-0.05, 0) is 12.8 Å². The molecule has 0 fully saturated rings. The molecule has 84 valence electrons. The molecule has 0 bridgehead atoms.